The van der Waals surface area contributed by atoms with Gasteiger partial charge in [0.1, 0.15) is 0 Å². The van der Waals surface area contributed by atoms with E-state index in [4.69, 9.17) is 0 Å². The first-order chi connectivity index (χ1) is 8.31. The Hall–Kier alpha value is -1.77. The van der Waals surface area contributed by atoms with Gasteiger partial charge in [0, 0.05) is 29.7 Å². The number of amides is 1. The van der Waals surface area contributed by atoms with Crippen molar-refractivity contribution in [1.82, 2.24) is 9.88 Å². The molecule has 0 unspecified atom stereocenters. The lowest BCUT2D eigenvalue weighted by Crippen LogP contribution is -2.32. The number of aromatic amines is 1. The van der Waals surface area contributed by atoms with Crippen LogP contribution in [0.5, 0.6) is 0 Å². The second-order valence-corrected chi connectivity index (χ2v) is 4.57. The lowest BCUT2D eigenvalue weighted by Gasteiger charge is -2.19. The van der Waals surface area contributed by atoms with Crippen molar-refractivity contribution in [2.75, 3.05) is 6.54 Å². The average Bonchev–Trinajstić information content (AvgIpc) is 3.09. The molecule has 2 aromatic rings. The molecule has 0 bridgehead atoms. The van der Waals surface area contributed by atoms with Crippen molar-refractivity contribution in [2.45, 2.75) is 25.8 Å². The Bertz CT molecular complexity index is 554. The molecule has 0 aliphatic heterocycles. The molecule has 1 aromatic heterocycles. The minimum absolute atomic E-state index is 0.160. The summed E-state index contributed by atoms with van der Waals surface area (Å²) in [7, 11) is 0. The molecule has 1 heterocycles. The van der Waals surface area contributed by atoms with Gasteiger partial charge < -0.3 is 9.88 Å². The SMILES string of the molecule is CCN(C(=O)c1c[nH]c2ccccc12)C1CC1. The van der Waals surface area contributed by atoms with Crippen LogP contribution in [0.2, 0.25) is 0 Å². The van der Waals surface area contributed by atoms with E-state index in [0.29, 0.717) is 6.04 Å². The molecular formula is C14H16N2O. The third-order valence-electron chi connectivity index (χ3n) is 3.41. The number of carbonyl (C=O) groups is 1. The number of fused-ring (bicyclic) bond motifs is 1. The van der Waals surface area contributed by atoms with Gasteiger partial charge in [0.2, 0.25) is 0 Å². The van der Waals surface area contributed by atoms with Crippen molar-refractivity contribution in [1.29, 1.82) is 0 Å². The van der Waals surface area contributed by atoms with Crippen LogP contribution >= 0.6 is 0 Å². The normalized spacial score (nSPS) is 15.1. The van der Waals surface area contributed by atoms with E-state index in [1.807, 2.05) is 42.3 Å². The molecule has 0 spiro atoms. The first-order valence-electron chi connectivity index (χ1n) is 6.18. The van der Waals surface area contributed by atoms with Gasteiger partial charge >= 0.3 is 0 Å². The summed E-state index contributed by atoms with van der Waals surface area (Å²) >= 11 is 0. The quantitative estimate of drug-likeness (QED) is 0.861. The van der Waals surface area contributed by atoms with E-state index in [9.17, 15) is 4.79 Å². The average molecular weight is 228 g/mol. The Morgan fingerprint density at radius 3 is 2.88 bits per heavy atom. The largest absolute Gasteiger partial charge is 0.360 e. The molecule has 17 heavy (non-hydrogen) atoms. The van der Waals surface area contributed by atoms with Crippen LogP contribution in [0.25, 0.3) is 10.9 Å². The van der Waals surface area contributed by atoms with Crippen LogP contribution in [0, 0.1) is 0 Å². The Morgan fingerprint density at radius 1 is 1.41 bits per heavy atom. The monoisotopic (exact) mass is 228 g/mol. The number of hydrogen-bond acceptors (Lipinski definition) is 1. The molecule has 1 saturated carbocycles. The molecule has 1 fully saturated rings. The summed E-state index contributed by atoms with van der Waals surface area (Å²) in [6, 6.07) is 8.42. The topological polar surface area (TPSA) is 36.1 Å². The Morgan fingerprint density at radius 2 is 2.18 bits per heavy atom. The van der Waals surface area contributed by atoms with Crippen LogP contribution in [0.1, 0.15) is 30.1 Å². The van der Waals surface area contributed by atoms with Gasteiger partial charge in [-0.05, 0) is 25.8 Å². The lowest BCUT2D eigenvalue weighted by atomic mass is 10.1. The number of carbonyl (C=O) groups excluding carboxylic acids is 1. The minimum Gasteiger partial charge on any atom is -0.360 e. The predicted octanol–water partition coefficient (Wildman–Crippen LogP) is 2.79. The van der Waals surface area contributed by atoms with Gasteiger partial charge in [-0.2, -0.15) is 0 Å². The van der Waals surface area contributed by atoms with Gasteiger partial charge in [-0.15, -0.1) is 0 Å². The standard InChI is InChI=1S/C14H16N2O/c1-2-16(10-7-8-10)14(17)12-9-15-13-6-4-3-5-11(12)13/h3-6,9-10,15H,2,7-8H2,1H3. The summed E-state index contributed by atoms with van der Waals surface area (Å²) in [5.74, 6) is 0.160. The van der Waals surface area contributed by atoms with Crippen molar-refractivity contribution in [2.24, 2.45) is 0 Å². The molecule has 1 amide bonds. The zero-order valence-corrected chi connectivity index (χ0v) is 9.94. The molecule has 3 rings (SSSR count). The fourth-order valence-electron chi connectivity index (χ4n) is 2.36. The van der Waals surface area contributed by atoms with Gasteiger partial charge in [-0.1, -0.05) is 18.2 Å². The van der Waals surface area contributed by atoms with E-state index in [0.717, 1.165) is 35.9 Å². The first kappa shape index (κ1) is 10.4. The van der Waals surface area contributed by atoms with E-state index in [2.05, 4.69) is 4.98 Å². The Labute approximate surface area is 100 Å². The number of benzene rings is 1. The molecule has 1 N–H and O–H groups in total. The molecule has 3 heteroatoms. The van der Waals surface area contributed by atoms with E-state index in [-0.39, 0.29) is 5.91 Å². The number of H-pyrrole nitrogens is 1. The van der Waals surface area contributed by atoms with Crippen LogP contribution in [0.3, 0.4) is 0 Å². The maximum atomic E-state index is 12.4. The van der Waals surface area contributed by atoms with Crippen molar-refractivity contribution in [3.05, 3.63) is 36.0 Å². The van der Waals surface area contributed by atoms with E-state index >= 15 is 0 Å². The minimum atomic E-state index is 0.160. The molecule has 88 valence electrons. The lowest BCUT2D eigenvalue weighted by molar-refractivity contribution is 0.0754. The van der Waals surface area contributed by atoms with Gasteiger partial charge in [-0.25, -0.2) is 0 Å². The summed E-state index contributed by atoms with van der Waals surface area (Å²) in [5.41, 5.74) is 1.83. The third-order valence-corrected chi connectivity index (χ3v) is 3.41. The second-order valence-electron chi connectivity index (χ2n) is 4.57. The molecule has 1 aromatic carbocycles. The highest BCUT2D eigenvalue weighted by Crippen LogP contribution is 2.29. The van der Waals surface area contributed by atoms with Gasteiger partial charge in [0.05, 0.1) is 5.56 Å². The molecular weight excluding hydrogens is 212 g/mol. The molecule has 1 aliphatic rings. The zero-order chi connectivity index (χ0) is 11.8. The fourth-order valence-corrected chi connectivity index (χ4v) is 2.36. The maximum absolute atomic E-state index is 12.4. The van der Waals surface area contributed by atoms with Gasteiger partial charge in [0.25, 0.3) is 5.91 Å². The molecule has 0 radical (unpaired) electrons. The Balaban J connectivity index is 2.00. The van der Waals surface area contributed by atoms with Crippen LogP contribution in [-0.4, -0.2) is 28.4 Å². The number of para-hydroxylation sites is 1. The zero-order valence-electron chi connectivity index (χ0n) is 9.94. The van der Waals surface area contributed by atoms with Crippen molar-refractivity contribution < 1.29 is 4.79 Å². The highest BCUT2D eigenvalue weighted by atomic mass is 16.2. The maximum Gasteiger partial charge on any atom is 0.256 e. The highest BCUT2D eigenvalue weighted by molar-refractivity contribution is 6.06. The number of aromatic nitrogens is 1. The van der Waals surface area contributed by atoms with E-state index < -0.39 is 0 Å². The number of nitrogens with one attached hydrogen (secondary N) is 1. The summed E-state index contributed by atoms with van der Waals surface area (Å²) in [5, 5.41) is 1.02. The molecule has 3 nitrogen and oxygen atoms in total. The van der Waals surface area contributed by atoms with Crippen LogP contribution in [0.15, 0.2) is 30.5 Å². The van der Waals surface area contributed by atoms with Crippen molar-refractivity contribution >= 4 is 16.8 Å². The van der Waals surface area contributed by atoms with E-state index in [1.165, 1.54) is 0 Å². The third kappa shape index (κ3) is 1.71. The molecule has 1 aliphatic carbocycles. The smallest absolute Gasteiger partial charge is 0.256 e. The van der Waals surface area contributed by atoms with Crippen LogP contribution < -0.4 is 0 Å². The van der Waals surface area contributed by atoms with Crippen molar-refractivity contribution in [3.63, 3.8) is 0 Å². The fraction of sp³-hybridized carbons (Fsp3) is 0.357. The summed E-state index contributed by atoms with van der Waals surface area (Å²) in [6.45, 7) is 2.84. The van der Waals surface area contributed by atoms with Gasteiger partial charge in [0.15, 0.2) is 0 Å². The second kappa shape index (κ2) is 3.91. The molecule has 0 atom stereocenters. The summed E-state index contributed by atoms with van der Waals surface area (Å²) in [6.07, 6.45) is 4.14. The van der Waals surface area contributed by atoms with Gasteiger partial charge in [-0.3, -0.25) is 4.79 Å². The van der Waals surface area contributed by atoms with Crippen LogP contribution in [0.4, 0.5) is 0 Å². The van der Waals surface area contributed by atoms with E-state index in [1.54, 1.807) is 0 Å². The summed E-state index contributed by atoms with van der Waals surface area (Å²) in [4.78, 5) is 17.6. The Kier molecular flexibility index (Phi) is 2.39. The van der Waals surface area contributed by atoms with Crippen molar-refractivity contribution in [3.8, 4) is 0 Å². The highest BCUT2D eigenvalue weighted by Gasteiger charge is 2.32. The first-order valence-corrected chi connectivity index (χ1v) is 6.18. The number of rotatable bonds is 3. The number of nitrogens with zero attached hydrogens (tertiary/aromatic N) is 1. The number of hydrogen-bond donors (Lipinski definition) is 1. The van der Waals surface area contributed by atoms with Crippen LogP contribution in [-0.2, 0) is 0 Å². The molecule has 0 saturated heterocycles. The summed E-state index contributed by atoms with van der Waals surface area (Å²) < 4.78 is 0. The predicted molar refractivity (Wildman–Crippen MR) is 68.0 cm³/mol.